The van der Waals surface area contributed by atoms with Crippen LogP contribution in [0.15, 0.2) is 24.3 Å². The molecule has 0 aliphatic heterocycles. The summed E-state index contributed by atoms with van der Waals surface area (Å²) in [7, 11) is -1.79. The number of nitrogens with one attached hydrogen (secondary N) is 1. The maximum atomic E-state index is 11.8. The Kier molecular flexibility index (Phi) is 7.71. The molecule has 0 bridgehead atoms. The quantitative estimate of drug-likeness (QED) is 0.606. The molecule has 0 heterocycles. The van der Waals surface area contributed by atoms with Gasteiger partial charge in [-0.05, 0) is 11.1 Å². The van der Waals surface area contributed by atoms with E-state index in [2.05, 4.69) is 4.72 Å². The summed E-state index contributed by atoms with van der Waals surface area (Å²) in [4.78, 5) is 0. The summed E-state index contributed by atoms with van der Waals surface area (Å²) in [5, 5.41) is 8.91. The first kappa shape index (κ1) is 17.1. The van der Waals surface area contributed by atoms with Crippen molar-refractivity contribution in [1.29, 1.82) is 0 Å². The lowest BCUT2D eigenvalue weighted by atomic mass is 10.2. The number of rotatable bonds is 10. The Morgan fingerprint density at radius 2 is 1.75 bits per heavy atom. The molecule has 0 unspecified atom stereocenters. The van der Waals surface area contributed by atoms with Crippen molar-refractivity contribution in [1.82, 2.24) is 4.72 Å². The first-order chi connectivity index (χ1) is 9.57. The smallest absolute Gasteiger partial charge is 0.215 e. The highest BCUT2D eigenvalue weighted by atomic mass is 32.2. The summed E-state index contributed by atoms with van der Waals surface area (Å²) in [6, 6.07) is 6.80. The first-order valence-electron chi connectivity index (χ1n) is 6.30. The van der Waals surface area contributed by atoms with Crippen LogP contribution < -0.4 is 4.72 Å². The van der Waals surface area contributed by atoms with E-state index in [9.17, 15) is 8.42 Å². The second kappa shape index (κ2) is 9.04. The van der Waals surface area contributed by atoms with Crippen molar-refractivity contribution in [3.8, 4) is 0 Å². The van der Waals surface area contributed by atoms with Gasteiger partial charge in [0.15, 0.2) is 0 Å². The van der Waals surface area contributed by atoms with Crippen LogP contribution in [0.1, 0.15) is 11.1 Å². The Bertz CT molecular complexity index is 472. The molecule has 0 radical (unpaired) electrons. The number of benzene rings is 1. The highest BCUT2D eigenvalue weighted by molar-refractivity contribution is 7.88. The zero-order chi connectivity index (χ0) is 14.8. The summed E-state index contributed by atoms with van der Waals surface area (Å²) in [6.45, 7) is 1.43. The third kappa shape index (κ3) is 6.97. The number of aliphatic hydroxyl groups is 1. The fourth-order valence-electron chi connectivity index (χ4n) is 1.53. The average Bonchev–Trinajstić information content (AvgIpc) is 2.43. The van der Waals surface area contributed by atoms with Crippen molar-refractivity contribution in [3.63, 3.8) is 0 Å². The van der Waals surface area contributed by atoms with Gasteiger partial charge in [0.05, 0.1) is 32.2 Å². The summed E-state index contributed by atoms with van der Waals surface area (Å²) in [5.74, 6) is -0.0865. The minimum absolute atomic E-state index is 0.0515. The number of sulfonamides is 1. The number of hydrogen-bond donors (Lipinski definition) is 2. The molecule has 0 fully saturated rings. The highest BCUT2D eigenvalue weighted by Gasteiger charge is 2.10. The van der Waals surface area contributed by atoms with Gasteiger partial charge in [0.1, 0.15) is 0 Å². The van der Waals surface area contributed by atoms with Gasteiger partial charge in [-0.25, -0.2) is 13.1 Å². The fourth-order valence-corrected chi connectivity index (χ4v) is 2.65. The Labute approximate surface area is 119 Å². The molecule has 2 N–H and O–H groups in total. The minimum atomic E-state index is -3.37. The molecule has 7 heteroatoms. The molecule has 1 rings (SSSR count). The second-order valence-corrected chi connectivity index (χ2v) is 6.04. The van der Waals surface area contributed by atoms with E-state index in [1.807, 2.05) is 0 Å². The molecule has 1 aromatic rings. The minimum Gasteiger partial charge on any atom is -0.392 e. The molecule has 20 heavy (non-hydrogen) atoms. The molecule has 0 spiro atoms. The Morgan fingerprint density at radius 1 is 1.10 bits per heavy atom. The molecule has 0 saturated heterocycles. The lowest BCUT2D eigenvalue weighted by Crippen LogP contribution is -2.29. The molecule has 0 aliphatic carbocycles. The van der Waals surface area contributed by atoms with Crippen LogP contribution in [0, 0.1) is 0 Å². The van der Waals surface area contributed by atoms with Crippen molar-refractivity contribution >= 4 is 10.0 Å². The van der Waals surface area contributed by atoms with Crippen LogP contribution in [0.5, 0.6) is 0 Å². The second-order valence-electron chi connectivity index (χ2n) is 4.23. The molecule has 0 amide bonds. The topological polar surface area (TPSA) is 84.9 Å². The van der Waals surface area contributed by atoms with Gasteiger partial charge in [-0.3, -0.25) is 0 Å². The Hall–Kier alpha value is -0.990. The maximum absolute atomic E-state index is 11.8. The predicted molar refractivity (Wildman–Crippen MR) is 75.7 cm³/mol. The molecule has 0 atom stereocenters. The van der Waals surface area contributed by atoms with Crippen LogP contribution in [0.2, 0.25) is 0 Å². The van der Waals surface area contributed by atoms with Crippen LogP contribution in [0.4, 0.5) is 0 Å². The van der Waals surface area contributed by atoms with E-state index < -0.39 is 10.0 Å². The zero-order valence-corrected chi connectivity index (χ0v) is 12.4. The van der Waals surface area contributed by atoms with Gasteiger partial charge in [0, 0.05) is 13.7 Å². The van der Waals surface area contributed by atoms with Gasteiger partial charge in [-0.1, -0.05) is 24.3 Å². The van der Waals surface area contributed by atoms with Gasteiger partial charge >= 0.3 is 0 Å². The van der Waals surface area contributed by atoms with Gasteiger partial charge < -0.3 is 14.6 Å². The van der Waals surface area contributed by atoms with Gasteiger partial charge in [-0.15, -0.1) is 0 Å². The standard InChI is InChI=1S/C13H21NO5S/c1-18-8-9-19-7-6-14-20(16,17)11-13-4-2-12(10-15)3-5-13/h2-5,14-15H,6-11H2,1H3. The van der Waals surface area contributed by atoms with Crippen molar-refractivity contribution in [2.75, 3.05) is 33.5 Å². The van der Waals surface area contributed by atoms with E-state index in [-0.39, 0.29) is 18.9 Å². The molecular weight excluding hydrogens is 282 g/mol. The number of aliphatic hydroxyl groups excluding tert-OH is 1. The van der Waals surface area contributed by atoms with Crippen LogP contribution in [-0.2, 0) is 31.9 Å². The molecule has 0 saturated carbocycles. The van der Waals surface area contributed by atoms with Gasteiger partial charge in [0.25, 0.3) is 0 Å². The number of hydrogen-bond acceptors (Lipinski definition) is 5. The lowest BCUT2D eigenvalue weighted by molar-refractivity contribution is 0.0736. The van der Waals surface area contributed by atoms with Crippen molar-refractivity contribution in [2.45, 2.75) is 12.4 Å². The SMILES string of the molecule is COCCOCCNS(=O)(=O)Cc1ccc(CO)cc1. The molecular formula is C13H21NO5S. The largest absolute Gasteiger partial charge is 0.392 e. The van der Waals surface area contributed by atoms with Gasteiger partial charge in [0.2, 0.25) is 10.0 Å². The Morgan fingerprint density at radius 3 is 2.35 bits per heavy atom. The van der Waals surface area contributed by atoms with Crippen molar-refractivity contribution in [2.24, 2.45) is 0 Å². The van der Waals surface area contributed by atoms with Crippen LogP contribution in [0.25, 0.3) is 0 Å². The zero-order valence-electron chi connectivity index (χ0n) is 11.5. The van der Waals surface area contributed by atoms with Crippen molar-refractivity contribution < 1.29 is 23.0 Å². The maximum Gasteiger partial charge on any atom is 0.215 e. The van der Waals surface area contributed by atoms with Crippen LogP contribution in [-0.4, -0.2) is 47.0 Å². The molecule has 114 valence electrons. The lowest BCUT2D eigenvalue weighted by Gasteiger charge is -2.08. The van der Waals surface area contributed by atoms with Gasteiger partial charge in [-0.2, -0.15) is 0 Å². The van der Waals surface area contributed by atoms with E-state index in [1.165, 1.54) is 0 Å². The molecule has 0 aliphatic rings. The molecule has 0 aromatic heterocycles. The summed E-state index contributed by atoms with van der Waals surface area (Å²) < 4.78 is 36.1. The number of ether oxygens (including phenoxy) is 2. The molecule has 6 nitrogen and oxygen atoms in total. The predicted octanol–water partition coefficient (Wildman–Crippen LogP) is 0.261. The van der Waals surface area contributed by atoms with Crippen molar-refractivity contribution in [3.05, 3.63) is 35.4 Å². The van der Waals surface area contributed by atoms with E-state index in [4.69, 9.17) is 14.6 Å². The first-order valence-corrected chi connectivity index (χ1v) is 7.95. The number of methoxy groups -OCH3 is 1. The molecule has 1 aromatic carbocycles. The van der Waals surface area contributed by atoms with E-state index in [0.29, 0.717) is 25.4 Å². The van der Waals surface area contributed by atoms with Crippen LogP contribution >= 0.6 is 0 Å². The normalized spacial score (nSPS) is 11.7. The van der Waals surface area contributed by atoms with E-state index in [0.717, 1.165) is 5.56 Å². The summed E-state index contributed by atoms with van der Waals surface area (Å²) in [6.07, 6.45) is 0. The summed E-state index contributed by atoms with van der Waals surface area (Å²) >= 11 is 0. The average molecular weight is 303 g/mol. The Balaban J connectivity index is 2.33. The van der Waals surface area contributed by atoms with Crippen LogP contribution in [0.3, 0.4) is 0 Å². The monoisotopic (exact) mass is 303 g/mol. The fraction of sp³-hybridized carbons (Fsp3) is 0.538. The third-order valence-corrected chi connectivity index (χ3v) is 3.92. The van der Waals surface area contributed by atoms with E-state index in [1.54, 1.807) is 31.4 Å². The van der Waals surface area contributed by atoms with E-state index >= 15 is 0 Å². The third-order valence-electron chi connectivity index (χ3n) is 2.56. The summed E-state index contributed by atoms with van der Waals surface area (Å²) in [5.41, 5.74) is 1.43. The highest BCUT2D eigenvalue weighted by Crippen LogP contribution is 2.07.